The summed E-state index contributed by atoms with van der Waals surface area (Å²) in [6, 6.07) is 0. The number of thiocarbonyl (C=S) groups is 1. The Labute approximate surface area is 100 Å². The molecule has 1 aliphatic carbocycles. The van der Waals surface area contributed by atoms with Crippen molar-refractivity contribution in [1.82, 2.24) is 5.06 Å². The van der Waals surface area contributed by atoms with Crippen LogP contribution < -0.4 is 0 Å². The van der Waals surface area contributed by atoms with Crippen molar-refractivity contribution in [3.63, 3.8) is 0 Å². The lowest BCUT2D eigenvalue weighted by molar-refractivity contribution is -0.174. The molecule has 0 spiro atoms. The molecule has 15 heavy (non-hydrogen) atoms. The van der Waals surface area contributed by atoms with E-state index in [4.69, 9.17) is 17.1 Å². The molecule has 0 unspecified atom stereocenters. The van der Waals surface area contributed by atoms with Crippen LogP contribution in [0.2, 0.25) is 0 Å². The maximum atomic E-state index is 11.7. The number of rotatable bonds is 1. The van der Waals surface area contributed by atoms with Crippen LogP contribution in [0.25, 0.3) is 0 Å². The van der Waals surface area contributed by atoms with Gasteiger partial charge in [0.25, 0.3) is 0 Å². The van der Waals surface area contributed by atoms with Crippen molar-refractivity contribution in [1.29, 1.82) is 0 Å². The normalized spacial score (nSPS) is 17.2. The Hall–Kier alpha value is -0.290. The molecule has 0 aromatic heterocycles. The molecule has 0 heterocycles. The van der Waals surface area contributed by atoms with Crippen LogP contribution in [0.15, 0.2) is 0 Å². The summed E-state index contributed by atoms with van der Waals surface area (Å²) in [6.45, 7) is 0. The fourth-order valence-corrected chi connectivity index (χ4v) is 2.05. The quantitative estimate of drug-likeness (QED) is 0.525. The number of carbonyl (C=O) groups is 1. The van der Waals surface area contributed by atoms with Crippen LogP contribution >= 0.6 is 24.0 Å². The summed E-state index contributed by atoms with van der Waals surface area (Å²) in [5.41, 5.74) is 0. The number of thioether (sulfide) groups is 1. The van der Waals surface area contributed by atoms with Gasteiger partial charge in [0.15, 0.2) is 4.32 Å². The monoisotopic (exact) mass is 247 g/mol. The second-order valence-electron chi connectivity index (χ2n) is 3.71. The third-order valence-electron chi connectivity index (χ3n) is 2.60. The Kier molecular flexibility index (Phi) is 5.39. The maximum absolute atomic E-state index is 11.7. The molecule has 86 valence electrons. The summed E-state index contributed by atoms with van der Waals surface area (Å²) in [6.07, 6.45) is 7.29. The molecule has 1 rings (SSSR count). The predicted molar refractivity (Wildman–Crippen MR) is 66.5 cm³/mol. The highest BCUT2D eigenvalue weighted by Crippen LogP contribution is 2.25. The first-order chi connectivity index (χ1) is 7.15. The van der Waals surface area contributed by atoms with Gasteiger partial charge in [-0.1, -0.05) is 31.0 Å². The SMILES string of the molecule is CSC(=S)N(C)OC(=O)C1CCCCC1. The van der Waals surface area contributed by atoms with Crippen LogP contribution in [0.5, 0.6) is 0 Å². The van der Waals surface area contributed by atoms with Crippen molar-refractivity contribution in [3.05, 3.63) is 0 Å². The third-order valence-corrected chi connectivity index (χ3v) is 3.96. The molecule has 0 aromatic carbocycles. The summed E-state index contributed by atoms with van der Waals surface area (Å²) < 4.78 is 0.583. The molecule has 0 aliphatic heterocycles. The lowest BCUT2D eigenvalue weighted by Gasteiger charge is -2.23. The van der Waals surface area contributed by atoms with E-state index in [1.165, 1.54) is 23.2 Å². The maximum Gasteiger partial charge on any atom is 0.335 e. The van der Waals surface area contributed by atoms with Gasteiger partial charge in [0.05, 0.1) is 5.92 Å². The fraction of sp³-hybridized carbons (Fsp3) is 0.800. The van der Waals surface area contributed by atoms with Crippen LogP contribution in [0, 0.1) is 5.92 Å². The zero-order chi connectivity index (χ0) is 11.3. The molecule has 3 nitrogen and oxygen atoms in total. The van der Waals surface area contributed by atoms with Crippen molar-refractivity contribution in [2.24, 2.45) is 5.92 Å². The fourth-order valence-electron chi connectivity index (χ4n) is 1.71. The molecule has 1 saturated carbocycles. The lowest BCUT2D eigenvalue weighted by atomic mass is 9.89. The molecule has 5 heteroatoms. The van der Waals surface area contributed by atoms with Gasteiger partial charge in [-0.25, -0.2) is 4.79 Å². The molecule has 0 radical (unpaired) electrons. The Morgan fingerprint density at radius 3 is 2.53 bits per heavy atom. The van der Waals surface area contributed by atoms with E-state index in [1.54, 1.807) is 7.05 Å². The van der Waals surface area contributed by atoms with Crippen LogP contribution in [-0.4, -0.2) is 28.7 Å². The Bertz CT molecular complexity index is 240. The summed E-state index contributed by atoms with van der Waals surface area (Å²) in [5, 5.41) is 1.39. The topological polar surface area (TPSA) is 29.5 Å². The number of hydrogen-bond donors (Lipinski definition) is 0. The molecule has 1 aliphatic rings. The number of hydroxylamine groups is 2. The van der Waals surface area contributed by atoms with Crippen molar-refractivity contribution in [2.75, 3.05) is 13.3 Å². The number of carbonyl (C=O) groups excluding carboxylic acids is 1. The highest BCUT2D eigenvalue weighted by atomic mass is 32.2. The first-order valence-corrected chi connectivity index (χ1v) is 6.82. The van der Waals surface area contributed by atoms with E-state index in [0.29, 0.717) is 4.32 Å². The van der Waals surface area contributed by atoms with E-state index < -0.39 is 0 Å². The molecule has 0 amide bonds. The standard InChI is InChI=1S/C10H17NO2S2/c1-11(10(14)15-2)13-9(12)8-6-4-3-5-7-8/h8H,3-7H2,1-2H3. The van der Waals surface area contributed by atoms with Crippen LogP contribution in [-0.2, 0) is 9.63 Å². The lowest BCUT2D eigenvalue weighted by Crippen LogP contribution is -2.31. The van der Waals surface area contributed by atoms with Gasteiger partial charge >= 0.3 is 5.97 Å². The molecule has 0 aromatic rings. The van der Waals surface area contributed by atoms with Gasteiger partial charge < -0.3 is 4.84 Å². The molecule has 0 bridgehead atoms. The zero-order valence-corrected chi connectivity index (χ0v) is 10.8. The number of nitrogens with zero attached hydrogens (tertiary/aromatic N) is 1. The van der Waals surface area contributed by atoms with E-state index >= 15 is 0 Å². The zero-order valence-electron chi connectivity index (χ0n) is 9.19. The van der Waals surface area contributed by atoms with Crippen molar-refractivity contribution in [3.8, 4) is 0 Å². The van der Waals surface area contributed by atoms with Gasteiger partial charge in [0.2, 0.25) is 0 Å². The van der Waals surface area contributed by atoms with Crippen LogP contribution in [0.4, 0.5) is 0 Å². The van der Waals surface area contributed by atoms with E-state index in [1.807, 2.05) is 6.26 Å². The molecule has 1 fully saturated rings. The average Bonchev–Trinajstić information content (AvgIpc) is 2.29. The Morgan fingerprint density at radius 1 is 1.40 bits per heavy atom. The largest absolute Gasteiger partial charge is 0.339 e. The van der Waals surface area contributed by atoms with Crippen LogP contribution in [0.3, 0.4) is 0 Å². The minimum Gasteiger partial charge on any atom is -0.339 e. The minimum absolute atomic E-state index is 0.0749. The molecule has 0 atom stereocenters. The molecule has 0 saturated heterocycles. The number of hydrogen-bond acceptors (Lipinski definition) is 4. The van der Waals surface area contributed by atoms with Gasteiger partial charge in [-0.2, -0.15) is 5.06 Å². The smallest absolute Gasteiger partial charge is 0.335 e. The van der Waals surface area contributed by atoms with Crippen molar-refractivity contribution in [2.45, 2.75) is 32.1 Å². The Balaban J connectivity index is 2.36. The third kappa shape index (κ3) is 3.99. The molecule has 0 N–H and O–H groups in total. The highest BCUT2D eigenvalue weighted by Gasteiger charge is 2.24. The first kappa shape index (κ1) is 12.8. The average molecular weight is 247 g/mol. The summed E-state index contributed by atoms with van der Waals surface area (Å²) >= 11 is 6.41. The highest BCUT2D eigenvalue weighted by molar-refractivity contribution is 8.22. The second kappa shape index (κ2) is 6.33. The molecular weight excluding hydrogens is 230 g/mol. The van der Waals surface area contributed by atoms with E-state index in [2.05, 4.69) is 0 Å². The minimum atomic E-state index is -0.131. The van der Waals surface area contributed by atoms with E-state index in [-0.39, 0.29) is 11.9 Å². The summed E-state index contributed by atoms with van der Waals surface area (Å²) in [7, 11) is 1.68. The van der Waals surface area contributed by atoms with Crippen molar-refractivity contribution >= 4 is 34.3 Å². The van der Waals surface area contributed by atoms with Gasteiger partial charge in [0.1, 0.15) is 0 Å². The summed E-state index contributed by atoms with van der Waals surface area (Å²) in [5.74, 6) is -0.0561. The second-order valence-corrected chi connectivity index (χ2v) is 5.15. The predicted octanol–water partition coefficient (Wildman–Crippen LogP) is 2.60. The first-order valence-electron chi connectivity index (χ1n) is 5.18. The van der Waals surface area contributed by atoms with Gasteiger partial charge in [-0.15, -0.1) is 0 Å². The van der Waals surface area contributed by atoms with Crippen molar-refractivity contribution < 1.29 is 9.63 Å². The van der Waals surface area contributed by atoms with Gasteiger partial charge in [0, 0.05) is 7.05 Å². The molecular formula is C10H17NO2S2. The van der Waals surface area contributed by atoms with Crippen LogP contribution in [0.1, 0.15) is 32.1 Å². The van der Waals surface area contributed by atoms with Gasteiger partial charge in [-0.3, -0.25) is 0 Å². The summed E-state index contributed by atoms with van der Waals surface area (Å²) in [4.78, 5) is 16.9. The van der Waals surface area contributed by atoms with E-state index in [9.17, 15) is 4.79 Å². The van der Waals surface area contributed by atoms with E-state index in [0.717, 1.165) is 25.7 Å². The Morgan fingerprint density at radius 2 is 2.00 bits per heavy atom. The van der Waals surface area contributed by atoms with Gasteiger partial charge in [-0.05, 0) is 31.3 Å².